The maximum Gasteiger partial charge on any atom is 0.333 e. The van der Waals surface area contributed by atoms with Crippen molar-refractivity contribution in [1.29, 1.82) is 0 Å². The highest BCUT2D eigenvalue weighted by Gasteiger charge is 2.34. The van der Waals surface area contributed by atoms with Gasteiger partial charge in [0.15, 0.2) is 0 Å². The molecule has 8 heteroatoms. The molecule has 0 atom stereocenters. The van der Waals surface area contributed by atoms with Gasteiger partial charge >= 0.3 is 5.97 Å². The largest absolute Gasteiger partial charge is 0.396 e. The molecule has 0 saturated carbocycles. The average molecular weight is 317 g/mol. The summed E-state index contributed by atoms with van der Waals surface area (Å²) in [5.74, 6) is -1.79. The van der Waals surface area contributed by atoms with Crippen molar-refractivity contribution in [2.45, 2.75) is 44.9 Å². The summed E-state index contributed by atoms with van der Waals surface area (Å²) in [4.78, 5) is 39.3. The lowest BCUT2D eigenvalue weighted by Crippen LogP contribution is -2.33. The van der Waals surface area contributed by atoms with Crippen molar-refractivity contribution in [3.05, 3.63) is 0 Å². The molecule has 2 amide bonds. The summed E-state index contributed by atoms with van der Waals surface area (Å²) in [7, 11) is 0. The van der Waals surface area contributed by atoms with Crippen LogP contribution < -0.4 is 0 Å². The third-order valence-electron chi connectivity index (χ3n) is 3.98. The van der Waals surface area contributed by atoms with Crippen molar-refractivity contribution in [3.8, 4) is 0 Å². The number of aliphatic hydroxyl groups is 3. The van der Waals surface area contributed by atoms with E-state index in [0.29, 0.717) is 24.3 Å². The first-order valence-corrected chi connectivity index (χ1v) is 7.37. The Kier molecular flexibility index (Phi) is 7.43. The molecule has 0 bridgehead atoms. The van der Waals surface area contributed by atoms with Gasteiger partial charge in [-0.15, -0.1) is 5.06 Å². The van der Waals surface area contributed by atoms with Crippen molar-refractivity contribution in [2.75, 3.05) is 19.8 Å². The van der Waals surface area contributed by atoms with E-state index in [2.05, 4.69) is 0 Å². The van der Waals surface area contributed by atoms with Gasteiger partial charge in [0.25, 0.3) is 11.8 Å². The second-order valence-electron chi connectivity index (χ2n) is 5.47. The maximum atomic E-state index is 11.8. The number of nitrogens with zero attached hydrogens (tertiary/aromatic N) is 1. The number of aliphatic hydroxyl groups excluding tert-OH is 3. The zero-order valence-corrected chi connectivity index (χ0v) is 12.5. The Labute approximate surface area is 128 Å². The van der Waals surface area contributed by atoms with Gasteiger partial charge in [-0.25, -0.2) is 4.79 Å². The van der Waals surface area contributed by atoms with Gasteiger partial charge in [-0.3, -0.25) is 9.59 Å². The molecule has 0 unspecified atom stereocenters. The van der Waals surface area contributed by atoms with Crippen LogP contribution in [0.25, 0.3) is 0 Å². The summed E-state index contributed by atoms with van der Waals surface area (Å²) in [5.41, 5.74) is -0.573. The normalized spacial score (nSPS) is 15.5. The number of carbonyl (C=O) groups is 3. The van der Waals surface area contributed by atoms with Crippen LogP contribution in [-0.4, -0.2) is 58.0 Å². The monoisotopic (exact) mass is 317 g/mol. The molecule has 0 aromatic rings. The van der Waals surface area contributed by atoms with Gasteiger partial charge in [-0.2, -0.15) is 0 Å². The Hall–Kier alpha value is -1.51. The predicted octanol–water partition coefficient (Wildman–Crippen LogP) is -0.493. The molecule has 0 aliphatic carbocycles. The minimum atomic E-state index is -0.721. The van der Waals surface area contributed by atoms with Gasteiger partial charge < -0.3 is 20.2 Å². The van der Waals surface area contributed by atoms with E-state index in [1.807, 2.05) is 0 Å². The standard InChI is InChI=1S/C14H23NO7/c16-8-5-14(6-9-17,7-10-18)4-3-13(21)22-15-11(19)1-2-12(15)20/h16-18H,1-10H2. The molecule has 126 valence electrons. The first-order valence-electron chi connectivity index (χ1n) is 7.37. The van der Waals surface area contributed by atoms with E-state index in [-0.39, 0.29) is 45.5 Å². The molecule has 0 aromatic heterocycles. The lowest BCUT2D eigenvalue weighted by atomic mass is 9.75. The Balaban J connectivity index is 2.57. The van der Waals surface area contributed by atoms with E-state index >= 15 is 0 Å². The molecular weight excluding hydrogens is 294 g/mol. The van der Waals surface area contributed by atoms with E-state index in [4.69, 9.17) is 20.2 Å². The summed E-state index contributed by atoms with van der Waals surface area (Å²) in [6, 6.07) is 0. The number of amides is 2. The zero-order valence-electron chi connectivity index (χ0n) is 12.5. The number of rotatable bonds is 10. The van der Waals surface area contributed by atoms with E-state index in [9.17, 15) is 14.4 Å². The molecule has 1 aliphatic rings. The molecule has 1 rings (SSSR count). The minimum absolute atomic E-state index is 0.0373. The molecule has 1 saturated heterocycles. The lowest BCUT2D eigenvalue weighted by Gasteiger charge is -2.32. The molecule has 0 aromatic carbocycles. The van der Waals surface area contributed by atoms with Crippen LogP contribution in [0.4, 0.5) is 0 Å². The summed E-state index contributed by atoms with van der Waals surface area (Å²) >= 11 is 0. The van der Waals surface area contributed by atoms with Crippen molar-refractivity contribution in [1.82, 2.24) is 5.06 Å². The van der Waals surface area contributed by atoms with E-state index < -0.39 is 23.2 Å². The van der Waals surface area contributed by atoms with Crippen LogP contribution in [-0.2, 0) is 19.2 Å². The third kappa shape index (κ3) is 5.04. The lowest BCUT2D eigenvalue weighted by molar-refractivity contribution is -0.198. The molecule has 0 spiro atoms. The Morgan fingerprint density at radius 2 is 1.41 bits per heavy atom. The fourth-order valence-corrected chi connectivity index (χ4v) is 2.63. The highest BCUT2D eigenvalue weighted by molar-refractivity contribution is 6.01. The summed E-state index contributed by atoms with van der Waals surface area (Å²) < 4.78 is 0. The summed E-state index contributed by atoms with van der Waals surface area (Å²) in [6.45, 7) is -0.381. The fraction of sp³-hybridized carbons (Fsp3) is 0.786. The average Bonchev–Trinajstić information content (AvgIpc) is 2.78. The van der Waals surface area contributed by atoms with Crippen LogP contribution in [0.3, 0.4) is 0 Å². The Morgan fingerprint density at radius 3 is 1.82 bits per heavy atom. The molecule has 1 aliphatic heterocycles. The van der Waals surface area contributed by atoms with Gasteiger partial charge in [0.2, 0.25) is 0 Å². The van der Waals surface area contributed by atoms with Crippen LogP contribution in [0.5, 0.6) is 0 Å². The van der Waals surface area contributed by atoms with Crippen molar-refractivity contribution in [3.63, 3.8) is 0 Å². The minimum Gasteiger partial charge on any atom is -0.396 e. The van der Waals surface area contributed by atoms with Crippen molar-refractivity contribution in [2.24, 2.45) is 5.41 Å². The smallest absolute Gasteiger partial charge is 0.333 e. The maximum absolute atomic E-state index is 11.8. The van der Waals surface area contributed by atoms with Crippen LogP contribution in [0.15, 0.2) is 0 Å². The molecular formula is C14H23NO7. The molecule has 3 N–H and O–H groups in total. The fourth-order valence-electron chi connectivity index (χ4n) is 2.63. The predicted molar refractivity (Wildman–Crippen MR) is 74.0 cm³/mol. The van der Waals surface area contributed by atoms with Gasteiger partial charge in [-0.05, 0) is 31.1 Å². The number of hydroxylamine groups is 2. The van der Waals surface area contributed by atoms with Crippen LogP contribution in [0.1, 0.15) is 44.9 Å². The van der Waals surface area contributed by atoms with Crippen molar-refractivity contribution >= 4 is 17.8 Å². The topological polar surface area (TPSA) is 124 Å². The zero-order chi connectivity index (χ0) is 16.6. The van der Waals surface area contributed by atoms with Crippen LogP contribution in [0, 0.1) is 5.41 Å². The Morgan fingerprint density at radius 1 is 0.955 bits per heavy atom. The molecule has 8 nitrogen and oxygen atoms in total. The molecule has 1 fully saturated rings. The second kappa shape index (κ2) is 8.82. The number of imide groups is 1. The molecule has 22 heavy (non-hydrogen) atoms. The third-order valence-corrected chi connectivity index (χ3v) is 3.98. The SMILES string of the molecule is O=C(CCC(CCO)(CCO)CCO)ON1C(=O)CCC1=O. The van der Waals surface area contributed by atoms with Crippen LogP contribution >= 0.6 is 0 Å². The number of carbonyl (C=O) groups excluding carboxylic acids is 3. The molecule has 1 heterocycles. The highest BCUT2D eigenvalue weighted by atomic mass is 16.7. The summed E-state index contributed by atoms with van der Waals surface area (Å²) in [5, 5.41) is 27.9. The van der Waals surface area contributed by atoms with E-state index in [1.165, 1.54) is 0 Å². The molecule has 0 radical (unpaired) electrons. The summed E-state index contributed by atoms with van der Waals surface area (Å²) in [6.07, 6.45) is 1.29. The quantitative estimate of drug-likeness (QED) is 0.464. The second-order valence-corrected chi connectivity index (χ2v) is 5.47. The first kappa shape index (κ1) is 18.5. The Bertz CT molecular complexity index is 377. The van der Waals surface area contributed by atoms with Gasteiger partial charge in [-0.1, -0.05) is 0 Å². The number of hydrogen-bond acceptors (Lipinski definition) is 7. The highest BCUT2D eigenvalue weighted by Crippen LogP contribution is 2.35. The number of hydrogen-bond donors (Lipinski definition) is 3. The van der Waals surface area contributed by atoms with Gasteiger partial charge in [0.1, 0.15) is 0 Å². The van der Waals surface area contributed by atoms with E-state index in [0.717, 1.165) is 0 Å². The first-order chi connectivity index (χ1) is 10.5. The van der Waals surface area contributed by atoms with Gasteiger partial charge in [0.05, 0.1) is 0 Å². The van der Waals surface area contributed by atoms with E-state index in [1.54, 1.807) is 0 Å². The van der Waals surface area contributed by atoms with Gasteiger partial charge in [0, 0.05) is 39.1 Å². The van der Waals surface area contributed by atoms with Crippen LogP contribution in [0.2, 0.25) is 0 Å². The van der Waals surface area contributed by atoms with Crippen molar-refractivity contribution < 1.29 is 34.5 Å².